The van der Waals surface area contributed by atoms with Gasteiger partial charge in [0.15, 0.2) is 5.78 Å². The summed E-state index contributed by atoms with van der Waals surface area (Å²) in [5.74, 6) is -1.28. The first-order chi connectivity index (χ1) is 18.6. The van der Waals surface area contributed by atoms with Crippen LogP contribution in [0.25, 0.3) is 0 Å². The Labute approximate surface area is 230 Å². The second-order valence-electron chi connectivity index (χ2n) is 11.3. The van der Waals surface area contributed by atoms with Gasteiger partial charge in [0.1, 0.15) is 18.1 Å². The molecule has 4 atom stereocenters. The summed E-state index contributed by atoms with van der Waals surface area (Å²) in [4.78, 5) is 70.1. The number of Topliss-reactive ketones (excluding diaryl/α,β-unsaturated/α-hetero) is 1. The van der Waals surface area contributed by atoms with E-state index in [0.717, 1.165) is 18.8 Å². The summed E-state index contributed by atoms with van der Waals surface area (Å²) >= 11 is 0. The number of hydrogen-bond donors (Lipinski definition) is 2. The number of likely N-dealkylation sites (tertiary alicyclic amines) is 2. The van der Waals surface area contributed by atoms with Crippen molar-refractivity contribution in [2.24, 2.45) is 5.92 Å². The van der Waals surface area contributed by atoms with E-state index >= 15 is 0 Å². The van der Waals surface area contributed by atoms with Crippen LogP contribution in [0, 0.1) is 5.92 Å². The third-order valence-electron chi connectivity index (χ3n) is 7.98. The third-order valence-corrected chi connectivity index (χ3v) is 7.98. The molecule has 0 spiro atoms. The highest BCUT2D eigenvalue weighted by atomic mass is 16.2. The molecule has 3 aliphatic heterocycles. The Morgan fingerprint density at radius 2 is 1.56 bits per heavy atom. The number of benzene rings is 1. The molecule has 4 amide bonds. The van der Waals surface area contributed by atoms with Crippen molar-refractivity contribution in [1.82, 2.24) is 20.4 Å². The lowest BCUT2D eigenvalue weighted by atomic mass is 10.0. The first-order valence-corrected chi connectivity index (χ1v) is 14.2. The van der Waals surface area contributed by atoms with E-state index in [1.54, 1.807) is 24.0 Å². The zero-order valence-electron chi connectivity index (χ0n) is 23.4. The van der Waals surface area contributed by atoms with Gasteiger partial charge < -0.3 is 25.3 Å². The van der Waals surface area contributed by atoms with Gasteiger partial charge in [-0.2, -0.15) is 0 Å². The van der Waals surface area contributed by atoms with Crippen molar-refractivity contribution in [2.75, 3.05) is 31.1 Å². The maximum atomic E-state index is 13.8. The van der Waals surface area contributed by atoms with Gasteiger partial charge in [-0.1, -0.05) is 20.8 Å². The molecule has 10 nitrogen and oxygen atoms in total. The third kappa shape index (κ3) is 6.25. The summed E-state index contributed by atoms with van der Waals surface area (Å²) in [6.07, 6.45) is 3.65. The molecular formula is C29H41N5O5. The van der Waals surface area contributed by atoms with Crippen LogP contribution in [-0.2, 0) is 19.2 Å². The van der Waals surface area contributed by atoms with Crippen molar-refractivity contribution < 1.29 is 24.0 Å². The predicted molar refractivity (Wildman–Crippen MR) is 147 cm³/mol. The van der Waals surface area contributed by atoms with E-state index < -0.39 is 24.2 Å². The van der Waals surface area contributed by atoms with E-state index in [1.807, 2.05) is 26.0 Å². The molecule has 0 aromatic heterocycles. The van der Waals surface area contributed by atoms with Gasteiger partial charge in [0, 0.05) is 37.8 Å². The molecular weight excluding hydrogens is 498 g/mol. The van der Waals surface area contributed by atoms with Crippen LogP contribution in [0.5, 0.6) is 0 Å². The van der Waals surface area contributed by atoms with Crippen LogP contribution < -0.4 is 15.5 Å². The number of ketones is 1. The fourth-order valence-corrected chi connectivity index (χ4v) is 6.08. The van der Waals surface area contributed by atoms with Crippen LogP contribution >= 0.6 is 0 Å². The zero-order chi connectivity index (χ0) is 28.3. The Bertz CT molecular complexity index is 1100. The molecule has 0 radical (unpaired) electrons. The lowest BCUT2D eigenvalue weighted by Crippen LogP contribution is -2.53. The number of carbonyl (C=O) groups is 5. The van der Waals surface area contributed by atoms with Crippen LogP contribution in [0.15, 0.2) is 24.3 Å². The highest BCUT2D eigenvalue weighted by molar-refractivity contribution is 6.01. The van der Waals surface area contributed by atoms with Crippen LogP contribution in [0.4, 0.5) is 5.69 Å². The fourth-order valence-electron chi connectivity index (χ4n) is 6.08. The lowest BCUT2D eigenvalue weighted by molar-refractivity contribution is -0.138. The molecule has 3 aliphatic rings. The number of carbonyl (C=O) groups excluding carboxylic acids is 5. The highest BCUT2D eigenvalue weighted by Gasteiger charge is 2.52. The van der Waals surface area contributed by atoms with E-state index in [1.165, 1.54) is 24.7 Å². The maximum Gasteiger partial charge on any atom is 0.251 e. The Kier molecular flexibility index (Phi) is 8.92. The summed E-state index contributed by atoms with van der Waals surface area (Å²) in [6, 6.07) is 4.81. The summed E-state index contributed by atoms with van der Waals surface area (Å²) < 4.78 is 0. The zero-order valence-corrected chi connectivity index (χ0v) is 23.4. The number of hydrogen-bond acceptors (Lipinski definition) is 6. The Morgan fingerprint density at radius 1 is 0.923 bits per heavy atom. The SMILES string of the molecule is CCC(NC(C)=O)C(=O)N1CC(=O)C2C1CCN2C(=O)C(CC(C)C)NC(=O)c1ccc(N2CCCC2)cc1. The second kappa shape index (κ2) is 12.2. The van der Waals surface area contributed by atoms with Crippen molar-refractivity contribution in [3.05, 3.63) is 29.8 Å². The van der Waals surface area contributed by atoms with Crippen molar-refractivity contribution in [3.63, 3.8) is 0 Å². The van der Waals surface area contributed by atoms with Crippen LogP contribution in [0.1, 0.15) is 70.2 Å². The van der Waals surface area contributed by atoms with Gasteiger partial charge in [-0.25, -0.2) is 0 Å². The monoisotopic (exact) mass is 539 g/mol. The molecule has 4 unspecified atom stereocenters. The van der Waals surface area contributed by atoms with Gasteiger partial charge in [0.2, 0.25) is 17.7 Å². The maximum absolute atomic E-state index is 13.8. The van der Waals surface area contributed by atoms with E-state index in [2.05, 4.69) is 15.5 Å². The number of anilines is 1. The second-order valence-corrected chi connectivity index (χ2v) is 11.3. The Balaban J connectivity index is 1.46. The molecule has 1 aromatic rings. The van der Waals surface area contributed by atoms with Crippen LogP contribution in [0.3, 0.4) is 0 Å². The van der Waals surface area contributed by atoms with Crippen molar-refractivity contribution in [2.45, 2.75) is 84.0 Å². The molecule has 0 bridgehead atoms. The van der Waals surface area contributed by atoms with Gasteiger partial charge in [-0.05, 0) is 62.3 Å². The number of nitrogens with zero attached hydrogens (tertiary/aromatic N) is 3. The van der Waals surface area contributed by atoms with Gasteiger partial charge in [0.05, 0.1) is 12.6 Å². The molecule has 0 saturated carbocycles. The molecule has 0 aliphatic carbocycles. The summed E-state index contributed by atoms with van der Waals surface area (Å²) in [5.41, 5.74) is 1.57. The summed E-state index contributed by atoms with van der Waals surface area (Å²) in [7, 11) is 0. The number of amides is 4. The number of fused-ring (bicyclic) bond motifs is 1. The molecule has 4 rings (SSSR count). The molecule has 1 aromatic carbocycles. The summed E-state index contributed by atoms with van der Waals surface area (Å²) in [5, 5.41) is 5.58. The standard InChI is InChI=1S/C29H41N5O5/c1-5-22(30-19(4)35)28(38)34-17-25(36)26-24(34)12-15-33(26)29(39)23(16-18(2)3)31-27(37)20-8-10-21(11-9-20)32-13-6-7-14-32/h8-11,18,22-24,26H,5-7,12-17H2,1-4H3,(H,30,35)(H,31,37). The molecule has 2 N–H and O–H groups in total. The smallest absolute Gasteiger partial charge is 0.251 e. The molecule has 10 heteroatoms. The van der Waals surface area contributed by atoms with Crippen LogP contribution in [0.2, 0.25) is 0 Å². The first kappa shape index (κ1) is 28.6. The van der Waals surface area contributed by atoms with Crippen molar-refractivity contribution >= 4 is 35.1 Å². The normalized spacial score (nSPS) is 22.2. The van der Waals surface area contributed by atoms with Gasteiger partial charge >= 0.3 is 0 Å². The Hall–Kier alpha value is -3.43. The fraction of sp³-hybridized carbons (Fsp3) is 0.621. The highest BCUT2D eigenvalue weighted by Crippen LogP contribution is 2.31. The molecule has 3 fully saturated rings. The Morgan fingerprint density at radius 3 is 2.15 bits per heavy atom. The largest absolute Gasteiger partial charge is 0.372 e. The lowest BCUT2D eigenvalue weighted by Gasteiger charge is -2.29. The van der Waals surface area contributed by atoms with E-state index in [4.69, 9.17) is 0 Å². The minimum Gasteiger partial charge on any atom is -0.372 e. The van der Waals surface area contributed by atoms with Crippen molar-refractivity contribution in [3.8, 4) is 0 Å². The summed E-state index contributed by atoms with van der Waals surface area (Å²) in [6.45, 7) is 9.40. The minimum atomic E-state index is -0.783. The molecule has 3 heterocycles. The first-order valence-electron chi connectivity index (χ1n) is 14.2. The van der Waals surface area contributed by atoms with Gasteiger partial charge in [-0.3, -0.25) is 24.0 Å². The predicted octanol–water partition coefficient (Wildman–Crippen LogP) is 1.73. The molecule has 212 valence electrons. The van der Waals surface area contributed by atoms with E-state index in [0.29, 0.717) is 31.4 Å². The average Bonchev–Trinajstić information content (AvgIpc) is 3.65. The minimum absolute atomic E-state index is 0.0847. The number of nitrogens with one attached hydrogen (secondary N) is 2. The average molecular weight is 540 g/mol. The van der Waals surface area contributed by atoms with Crippen molar-refractivity contribution in [1.29, 1.82) is 0 Å². The molecule has 39 heavy (non-hydrogen) atoms. The number of rotatable bonds is 9. The van der Waals surface area contributed by atoms with Gasteiger partial charge in [0.25, 0.3) is 5.91 Å². The topological polar surface area (TPSA) is 119 Å². The molecule has 3 saturated heterocycles. The van der Waals surface area contributed by atoms with E-state index in [-0.39, 0.29) is 41.9 Å². The van der Waals surface area contributed by atoms with Gasteiger partial charge in [-0.15, -0.1) is 0 Å². The van der Waals surface area contributed by atoms with Crippen LogP contribution in [-0.4, -0.2) is 89.6 Å². The van der Waals surface area contributed by atoms with E-state index in [9.17, 15) is 24.0 Å². The quantitative estimate of drug-likeness (QED) is 0.493.